The Labute approximate surface area is 90.6 Å². The molecule has 2 aliphatic rings. The zero-order valence-corrected chi connectivity index (χ0v) is 9.11. The number of likely N-dealkylation sites (tertiary alicyclic amines) is 1. The van der Waals surface area contributed by atoms with Crippen LogP contribution in [0.3, 0.4) is 0 Å². The van der Waals surface area contributed by atoms with Crippen LogP contribution in [0.25, 0.3) is 0 Å². The first-order chi connectivity index (χ1) is 7.29. The minimum atomic E-state index is 0.224. The van der Waals surface area contributed by atoms with Gasteiger partial charge in [0.1, 0.15) is 0 Å². The van der Waals surface area contributed by atoms with Gasteiger partial charge in [0, 0.05) is 25.7 Å². The summed E-state index contributed by atoms with van der Waals surface area (Å²) in [5.41, 5.74) is 0. The SMILES string of the molecule is O=C(CNC1CC1)N1CCC(CCO)C1. The van der Waals surface area contributed by atoms with Crippen LogP contribution in [0.1, 0.15) is 25.7 Å². The highest BCUT2D eigenvalue weighted by molar-refractivity contribution is 5.78. The van der Waals surface area contributed by atoms with Gasteiger partial charge in [-0.15, -0.1) is 0 Å². The van der Waals surface area contributed by atoms with Crippen molar-refractivity contribution in [1.82, 2.24) is 10.2 Å². The van der Waals surface area contributed by atoms with Crippen LogP contribution in [0.2, 0.25) is 0 Å². The van der Waals surface area contributed by atoms with Crippen LogP contribution in [0, 0.1) is 5.92 Å². The van der Waals surface area contributed by atoms with E-state index < -0.39 is 0 Å². The molecule has 2 N–H and O–H groups in total. The number of carbonyl (C=O) groups is 1. The van der Waals surface area contributed by atoms with E-state index in [9.17, 15) is 4.79 Å². The number of aliphatic hydroxyl groups is 1. The maximum absolute atomic E-state index is 11.7. The van der Waals surface area contributed by atoms with E-state index in [4.69, 9.17) is 5.11 Å². The Balaban J connectivity index is 1.67. The van der Waals surface area contributed by atoms with Crippen molar-refractivity contribution in [3.8, 4) is 0 Å². The fraction of sp³-hybridized carbons (Fsp3) is 0.909. The minimum absolute atomic E-state index is 0.224. The van der Waals surface area contributed by atoms with Gasteiger partial charge in [0.05, 0.1) is 6.54 Å². The van der Waals surface area contributed by atoms with E-state index >= 15 is 0 Å². The molecule has 0 radical (unpaired) electrons. The van der Waals surface area contributed by atoms with Crippen LogP contribution in [-0.2, 0) is 4.79 Å². The molecule has 1 saturated heterocycles. The van der Waals surface area contributed by atoms with Crippen molar-refractivity contribution in [2.45, 2.75) is 31.7 Å². The molecule has 0 aromatic carbocycles. The smallest absolute Gasteiger partial charge is 0.236 e. The van der Waals surface area contributed by atoms with Crippen LogP contribution < -0.4 is 5.32 Å². The third-order valence-electron chi connectivity index (χ3n) is 3.30. The third-order valence-corrected chi connectivity index (χ3v) is 3.30. The van der Waals surface area contributed by atoms with Gasteiger partial charge in [0.2, 0.25) is 5.91 Å². The average Bonchev–Trinajstić information content (AvgIpc) is 2.94. The van der Waals surface area contributed by atoms with Gasteiger partial charge in [0.15, 0.2) is 0 Å². The number of carbonyl (C=O) groups excluding carboxylic acids is 1. The summed E-state index contributed by atoms with van der Waals surface area (Å²) >= 11 is 0. The lowest BCUT2D eigenvalue weighted by atomic mass is 10.1. The summed E-state index contributed by atoms with van der Waals surface area (Å²) in [6.07, 6.45) is 4.33. The van der Waals surface area contributed by atoms with Crippen molar-refractivity contribution < 1.29 is 9.90 Å². The molecule has 2 fully saturated rings. The Morgan fingerprint density at radius 2 is 2.20 bits per heavy atom. The van der Waals surface area contributed by atoms with Gasteiger partial charge in [0.25, 0.3) is 0 Å². The molecular weight excluding hydrogens is 192 g/mol. The van der Waals surface area contributed by atoms with Crippen molar-refractivity contribution >= 4 is 5.91 Å². The second-order valence-electron chi connectivity index (χ2n) is 4.66. The molecule has 4 nitrogen and oxygen atoms in total. The fourth-order valence-corrected chi connectivity index (χ4v) is 2.11. The molecule has 2 rings (SSSR count). The quantitative estimate of drug-likeness (QED) is 0.673. The predicted molar refractivity (Wildman–Crippen MR) is 57.4 cm³/mol. The molecule has 0 aromatic rings. The summed E-state index contributed by atoms with van der Waals surface area (Å²) in [5.74, 6) is 0.738. The third kappa shape index (κ3) is 3.18. The lowest BCUT2D eigenvalue weighted by molar-refractivity contribution is -0.129. The normalized spacial score (nSPS) is 25.9. The highest BCUT2D eigenvalue weighted by Crippen LogP contribution is 2.20. The molecule has 1 amide bonds. The molecule has 1 atom stereocenters. The van der Waals surface area contributed by atoms with Crippen molar-refractivity contribution in [1.29, 1.82) is 0 Å². The maximum atomic E-state index is 11.7. The van der Waals surface area contributed by atoms with Crippen molar-refractivity contribution in [2.75, 3.05) is 26.2 Å². The molecule has 4 heteroatoms. The summed E-state index contributed by atoms with van der Waals surface area (Å²) in [5, 5.41) is 12.1. The fourth-order valence-electron chi connectivity index (χ4n) is 2.11. The summed E-state index contributed by atoms with van der Waals surface area (Å²) in [4.78, 5) is 13.7. The second kappa shape index (κ2) is 4.94. The number of nitrogens with zero attached hydrogens (tertiary/aromatic N) is 1. The Morgan fingerprint density at radius 1 is 1.40 bits per heavy atom. The van der Waals surface area contributed by atoms with Gasteiger partial charge in [-0.1, -0.05) is 0 Å². The zero-order chi connectivity index (χ0) is 10.7. The number of aliphatic hydroxyl groups excluding tert-OH is 1. The molecule has 1 saturated carbocycles. The molecule has 1 aliphatic heterocycles. The summed E-state index contributed by atoms with van der Waals surface area (Å²) < 4.78 is 0. The Morgan fingerprint density at radius 3 is 2.87 bits per heavy atom. The van der Waals surface area contributed by atoms with Crippen LogP contribution in [0.5, 0.6) is 0 Å². The Kier molecular flexibility index (Phi) is 3.59. The number of hydrogen-bond acceptors (Lipinski definition) is 3. The monoisotopic (exact) mass is 212 g/mol. The van der Waals surface area contributed by atoms with Gasteiger partial charge < -0.3 is 15.3 Å². The van der Waals surface area contributed by atoms with E-state index in [1.54, 1.807) is 0 Å². The topological polar surface area (TPSA) is 52.6 Å². The van der Waals surface area contributed by atoms with Gasteiger partial charge >= 0.3 is 0 Å². The summed E-state index contributed by atoms with van der Waals surface area (Å²) in [6, 6.07) is 0.602. The number of amides is 1. The second-order valence-corrected chi connectivity index (χ2v) is 4.66. The van der Waals surface area contributed by atoms with E-state index in [1.165, 1.54) is 12.8 Å². The molecular formula is C11H20N2O2. The molecule has 1 heterocycles. The standard InChI is InChI=1S/C11H20N2O2/c14-6-4-9-3-5-13(8-9)11(15)7-12-10-1-2-10/h9-10,12,14H,1-8H2. The molecule has 0 bridgehead atoms. The van der Waals surface area contributed by atoms with Gasteiger partial charge in [-0.2, -0.15) is 0 Å². The lowest BCUT2D eigenvalue weighted by Crippen LogP contribution is -2.37. The van der Waals surface area contributed by atoms with Crippen LogP contribution in [-0.4, -0.2) is 48.2 Å². The lowest BCUT2D eigenvalue weighted by Gasteiger charge is -2.16. The Bertz CT molecular complexity index is 229. The van der Waals surface area contributed by atoms with Crippen molar-refractivity contribution in [3.05, 3.63) is 0 Å². The maximum Gasteiger partial charge on any atom is 0.236 e. The van der Waals surface area contributed by atoms with E-state index in [0.29, 0.717) is 18.5 Å². The van der Waals surface area contributed by atoms with Crippen molar-refractivity contribution in [2.24, 2.45) is 5.92 Å². The van der Waals surface area contributed by atoms with Gasteiger partial charge in [-0.05, 0) is 31.6 Å². The molecule has 86 valence electrons. The number of rotatable bonds is 5. The summed E-state index contributed by atoms with van der Waals surface area (Å²) in [6.45, 7) is 2.45. The molecule has 15 heavy (non-hydrogen) atoms. The zero-order valence-electron chi connectivity index (χ0n) is 9.11. The molecule has 0 aromatic heterocycles. The number of nitrogens with one attached hydrogen (secondary N) is 1. The van der Waals surface area contributed by atoms with E-state index in [2.05, 4.69) is 5.32 Å². The highest BCUT2D eigenvalue weighted by Gasteiger charge is 2.27. The Hall–Kier alpha value is -0.610. The predicted octanol–water partition coefficient (Wildman–Crippen LogP) is -0.0307. The van der Waals surface area contributed by atoms with Crippen molar-refractivity contribution in [3.63, 3.8) is 0 Å². The van der Waals surface area contributed by atoms with E-state index in [1.807, 2.05) is 4.90 Å². The van der Waals surface area contributed by atoms with E-state index in [0.717, 1.165) is 25.9 Å². The molecule has 0 spiro atoms. The largest absolute Gasteiger partial charge is 0.396 e. The molecule has 1 unspecified atom stereocenters. The first-order valence-electron chi connectivity index (χ1n) is 5.91. The highest BCUT2D eigenvalue weighted by atomic mass is 16.3. The minimum Gasteiger partial charge on any atom is -0.396 e. The molecule has 1 aliphatic carbocycles. The van der Waals surface area contributed by atoms with Crippen LogP contribution in [0.4, 0.5) is 0 Å². The van der Waals surface area contributed by atoms with Gasteiger partial charge in [-0.25, -0.2) is 0 Å². The number of hydrogen-bond donors (Lipinski definition) is 2. The van der Waals surface area contributed by atoms with Gasteiger partial charge in [-0.3, -0.25) is 4.79 Å². The average molecular weight is 212 g/mol. The summed E-state index contributed by atoms with van der Waals surface area (Å²) in [7, 11) is 0. The first kappa shape index (κ1) is 10.9. The van der Waals surface area contributed by atoms with Crippen LogP contribution in [0.15, 0.2) is 0 Å². The first-order valence-corrected chi connectivity index (χ1v) is 5.91. The van der Waals surface area contributed by atoms with E-state index in [-0.39, 0.29) is 12.5 Å². The van der Waals surface area contributed by atoms with Crippen LogP contribution >= 0.6 is 0 Å².